The molecule has 7 heteroatoms. The van der Waals surface area contributed by atoms with Crippen molar-refractivity contribution in [3.8, 4) is 0 Å². The Bertz CT molecular complexity index is 381. The molecular weight excluding hydrogens is 318 g/mol. The first-order valence-electron chi connectivity index (χ1n) is 8.49. The normalized spacial score (nSPS) is 20.6. The molecule has 0 atom stereocenters. The van der Waals surface area contributed by atoms with Gasteiger partial charge in [0.25, 0.3) is 0 Å². The van der Waals surface area contributed by atoms with Crippen molar-refractivity contribution in [3.05, 3.63) is 0 Å². The number of carbonyl (C=O) groups is 2. The molecule has 0 aromatic rings. The third-order valence-corrected chi connectivity index (χ3v) is 5.00. The van der Waals surface area contributed by atoms with Crippen molar-refractivity contribution in [3.63, 3.8) is 0 Å². The lowest BCUT2D eigenvalue weighted by molar-refractivity contribution is -0.136. The maximum absolute atomic E-state index is 12.3. The average molecular weight is 348 g/mol. The molecule has 0 radical (unpaired) electrons. The van der Waals surface area contributed by atoms with Crippen molar-refractivity contribution in [2.75, 3.05) is 32.8 Å². The largest absolute Gasteiger partial charge is 0.381 e. The van der Waals surface area contributed by atoms with Crippen LogP contribution in [-0.2, 0) is 14.3 Å². The summed E-state index contributed by atoms with van der Waals surface area (Å²) in [5, 5.41) is 5.79. The van der Waals surface area contributed by atoms with E-state index < -0.39 is 5.41 Å². The summed E-state index contributed by atoms with van der Waals surface area (Å²) in [6.45, 7) is 2.45. The van der Waals surface area contributed by atoms with E-state index in [0.717, 1.165) is 0 Å². The molecule has 0 aromatic carbocycles. The van der Waals surface area contributed by atoms with E-state index in [-0.39, 0.29) is 24.2 Å². The summed E-state index contributed by atoms with van der Waals surface area (Å²) >= 11 is 0. The second-order valence-electron chi connectivity index (χ2n) is 6.56. The van der Waals surface area contributed by atoms with Gasteiger partial charge in [0, 0.05) is 39.3 Å². The summed E-state index contributed by atoms with van der Waals surface area (Å²) in [5.74, 6) is 0.640. The Morgan fingerprint density at radius 2 is 1.70 bits per heavy atom. The van der Waals surface area contributed by atoms with Crippen LogP contribution in [0, 0.1) is 11.3 Å². The van der Waals surface area contributed by atoms with Crippen molar-refractivity contribution in [1.82, 2.24) is 10.6 Å². The Kier molecular flexibility index (Phi) is 8.87. The highest BCUT2D eigenvalue weighted by molar-refractivity contribution is 5.85. The fourth-order valence-electron chi connectivity index (χ4n) is 3.40. The van der Waals surface area contributed by atoms with Crippen molar-refractivity contribution < 1.29 is 14.3 Å². The summed E-state index contributed by atoms with van der Waals surface area (Å²) in [4.78, 5) is 24.1. The highest BCUT2D eigenvalue weighted by Crippen LogP contribution is 2.29. The lowest BCUT2D eigenvalue weighted by Crippen LogP contribution is -2.50. The molecule has 1 saturated heterocycles. The van der Waals surface area contributed by atoms with E-state index in [1.54, 1.807) is 0 Å². The molecule has 2 fully saturated rings. The fraction of sp³-hybridized carbons (Fsp3) is 0.875. The SMILES string of the molecule is Cl.NCC1(C(=O)NCCNC(=O)CC2CCCC2)CCOCC1. The monoisotopic (exact) mass is 347 g/mol. The molecule has 4 N–H and O–H groups in total. The summed E-state index contributed by atoms with van der Waals surface area (Å²) < 4.78 is 5.30. The first kappa shape index (κ1) is 20.2. The second kappa shape index (κ2) is 10.1. The van der Waals surface area contributed by atoms with E-state index in [0.29, 0.717) is 58.0 Å². The third kappa shape index (κ3) is 5.94. The minimum Gasteiger partial charge on any atom is -0.381 e. The molecule has 0 unspecified atom stereocenters. The van der Waals surface area contributed by atoms with Crippen LogP contribution in [0.1, 0.15) is 44.9 Å². The summed E-state index contributed by atoms with van der Waals surface area (Å²) in [7, 11) is 0. The molecular formula is C16H30ClN3O3. The smallest absolute Gasteiger partial charge is 0.227 e. The molecule has 6 nitrogen and oxygen atoms in total. The Morgan fingerprint density at radius 3 is 2.30 bits per heavy atom. The van der Waals surface area contributed by atoms with Crippen LogP contribution in [-0.4, -0.2) is 44.7 Å². The number of nitrogens with one attached hydrogen (secondary N) is 2. The van der Waals surface area contributed by atoms with Crippen LogP contribution >= 0.6 is 12.4 Å². The Hall–Kier alpha value is -0.850. The van der Waals surface area contributed by atoms with Gasteiger partial charge in [0.2, 0.25) is 11.8 Å². The molecule has 1 aliphatic heterocycles. The molecule has 1 saturated carbocycles. The van der Waals surface area contributed by atoms with Crippen molar-refractivity contribution in [2.45, 2.75) is 44.9 Å². The molecule has 0 bridgehead atoms. The van der Waals surface area contributed by atoms with Crippen LogP contribution in [0.15, 0.2) is 0 Å². The van der Waals surface area contributed by atoms with Crippen molar-refractivity contribution in [1.29, 1.82) is 0 Å². The first-order valence-corrected chi connectivity index (χ1v) is 8.49. The van der Waals surface area contributed by atoms with E-state index in [4.69, 9.17) is 10.5 Å². The number of hydrogen-bond acceptors (Lipinski definition) is 4. The maximum atomic E-state index is 12.3. The lowest BCUT2D eigenvalue weighted by Gasteiger charge is -2.34. The standard InChI is InChI=1S/C16H29N3O3.ClH/c17-12-16(5-9-22-10-6-16)15(21)19-8-7-18-14(20)11-13-3-1-2-4-13;/h13H,1-12,17H2,(H,18,20)(H,19,21);1H. The third-order valence-electron chi connectivity index (χ3n) is 5.00. The molecule has 1 aliphatic carbocycles. The van der Waals surface area contributed by atoms with Gasteiger partial charge in [-0.05, 0) is 31.6 Å². The van der Waals surface area contributed by atoms with Gasteiger partial charge in [-0.2, -0.15) is 0 Å². The van der Waals surface area contributed by atoms with Crippen molar-refractivity contribution in [2.24, 2.45) is 17.1 Å². The number of hydrogen-bond donors (Lipinski definition) is 3. The number of ether oxygens (including phenoxy) is 1. The highest BCUT2D eigenvalue weighted by atomic mass is 35.5. The Balaban J connectivity index is 0.00000264. The van der Waals surface area contributed by atoms with Gasteiger partial charge in [-0.3, -0.25) is 9.59 Å². The van der Waals surface area contributed by atoms with Crippen LogP contribution in [0.3, 0.4) is 0 Å². The predicted molar refractivity (Wildman–Crippen MR) is 91.4 cm³/mol. The molecule has 0 spiro atoms. The number of carbonyl (C=O) groups excluding carboxylic acids is 2. The predicted octanol–water partition coefficient (Wildman–Crippen LogP) is 0.976. The molecule has 23 heavy (non-hydrogen) atoms. The van der Waals surface area contributed by atoms with Gasteiger partial charge >= 0.3 is 0 Å². The van der Waals surface area contributed by atoms with Gasteiger partial charge in [0.1, 0.15) is 0 Å². The Labute approximate surface area is 144 Å². The maximum Gasteiger partial charge on any atom is 0.227 e. The zero-order valence-electron chi connectivity index (χ0n) is 13.8. The van der Waals surface area contributed by atoms with Gasteiger partial charge in [-0.25, -0.2) is 0 Å². The minimum absolute atomic E-state index is 0. The Morgan fingerprint density at radius 1 is 1.09 bits per heavy atom. The van der Waals surface area contributed by atoms with E-state index in [1.165, 1.54) is 25.7 Å². The quantitative estimate of drug-likeness (QED) is 0.598. The molecule has 2 aliphatic rings. The van der Waals surface area contributed by atoms with Gasteiger partial charge in [-0.1, -0.05) is 12.8 Å². The van der Waals surface area contributed by atoms with E-state index >= 15 is 0 Å². The lowest BCUT2D eigenvalue weighted by atomic mass is 9.79. The highest BCUT2D eigenvalue weighted by Gasteiger charge is 2.38. The van der Waals surface area contributed by atoms with Crippen LogP contribution < -0.4 is 16.4 Å². The zero-order valence-corrected chi connectivity index (χ0v) is 14.6. The summed E-state index contributed by atoms with van der Waals surface area (Å²) in [6.07, 6.45) is 6.80. The number of halogens is 1. The van der Waals surface area contributed by atoms with Crippen molar-refractivity contribution >= 4 is 24.2 Å². The van der Waals surface area contributed by atoms with Gasteiger partial charge in [0.05, 0.1) is 5.41 Å². The summed E-state index contributed by atoms with van der Waals surface area (Å²) in [5.41, 5.74) is 5.30. The van der Waals surface area contributed by atoms with Gasteiger partial charge in [-0.15, -0.1) is 12.4 Å². The van der Waals surface area contributed by atoms with Crippen LogP contribution in [0.5, 0.6) is 0 Å². The van der Waals surface area contributed by atoms with E-state index in [2.05, 4.69) is 10.6 Å². The number of amides is 2. The van der Waals surface area contributed by atoms with Crippen LogP contribution in [0.2, 0.25) is 0 Å². The minimum atomic E-state index is -0.494. The van der Waals surface area contributed by atoms with Gasteiger partial charge in [0.15, 0.2) is 0 Å². The van der Waals surface area contributed by atoms with E-state index in [9.17, 15) is 9.59 Å². The zero-order chi connectivity index (χ0) is 15.8. The topological polar surface area (TPSA) is 93.5 Å². The first-order chi connectivity index (χ1) is 10.7. The molecule has 0 aromatic heterocycles. The second-order valence-corrected chi connectivity index (χ2v) is 6.56. The average Bonchev–Trinajstić information content (AvgIpc) is 3.04. The van der Waals surface area contributed by atoms with E-state index in [1.807, 2.05) is 0 Å². The fourth-order valence-corrected chi connectivity index (χ4v) is 3.40. The van der Waals surface area contributed by atoms with Crippen LogP contribution in [0.25, 0.3) is 0 Å². The molecule has 1 heterocycles. The molecule has 2 rings (SSSR count). The molecule has 134 valence electrons. The summed E-state index contributed by atoms with van der Waals surface area (Å²) in [6, 6.07) is 0. The van der Waals surface area contributed by atoms with Crippen LogP contribution in [0.4, 0.5) is 0 Å². The van der Waals surface area contributed by atoms with Gasteiger partial charge < -0.3 is 21.1 Å². The number of nitrogens with two attached hydrogens (primary N) is 1. The molecule has 2 amide bonds. The number of rotatable bonds is 7.